The summed E-state index contributed by atoms with van der Waals surface area (Å²) >= 11 is 3.58. The Morgan fingerprint density at radius 1 is 0.944 bits per heavy atom. The van der Waals surface area contributed by atoms with Crippen molar-refractivity contribution in [3.63, 3.8) is 0 Å². The van der Waals surface area contributed by atoms with Crippen LogP contribution in [0.15, 0.2) is 45.7 Å². The number of fused-ring (bicyclic) bond motifs is 5. The Morgan fingerprint density at radius 3 is 2.53 bits per heavy atom. The predicted molar refractivity (Wildman–Crippen MR) is 147 cm³/mol. The Bertz CT molecular complexity index is 1470. The average molecular weight is 554 g/mol. The molecule has 2 aliphatic rings. The topological polar surface area (TPSA) is 61.0 Å². The largest absolute Gasteiger partial charge is 0.371 e. The third kappa shape index (κ3) is 3.94. The maximum Gasteiger partial charge on any atom is 0.283 e. The number of aromatic nitrogens is 3. The quantitative estimate of drug-likeness (QED) is 0.288. The van der Waals surface area contributed by atoms with E-state index in [1.54, 1.807) is 14.2 Å². The van der Waals surface area contributed by atoms with Crippen LogP contribution < -0.4 is 10.5 Å². The summed E-state index contributed by atoms with van der Waals surface area (Å²) in [6.45, 7) is 1.98. The van der Waals surface area contributed by atoms with E-state index in [9.17, 15) is 4.79 Å². The number of anilines is 1. The van der Waals surface area contributed by atoms with Crippen molar-refractivity contribution in [3.8, 4) is 0 Å². The van der Waals surface area contributed by atoms with Gasteiger partial charge in [-0.1, -0.05) is 18.9 Å². The van der Waals surface area contributed by atoms with Crippen molar-refractivity contribution in [1.29, 1.82) is 0 Å². The van der Waals surface area contributed by atoms with Crippen molar-refractivity contribution in [1.82, 2.24) is 14.0 Å². The fraction of sp³-hybridized carbons (Fsp3) is 0.500. The molecule has 0 spiro atoms. The normalized spacial score (nSPS) is 19.8. The number of hydrogen-bond donors (Lipinski definition) is 0. The minimum Gasteiger partial charge on any atom is -0.371 e. The van der Waals surface area contributed by atoms with Crippen molar-refractivity contribution >= 4 is 49.3 Å². The predicted octanol–water partition coefficient (Wildman–Crippen LogP) is 5.91. The molecule has 36 heavy (non-hydrogen) atoms. The molecule has 2 aromatic heterocycles. The highest BCUT2D eigenvalue weighted by molar-refractivity contribution is 9.10. The van der Waals surface area contributed by atoms with Gasteiger partial charge in [0.2, 0.25) is 5.78 Å². The molecule has 0 amide bonds. The fourth-order valence-electron chi connectivity index (χ4n) is 6.47. The van der Waals surface area contributed by atoms with Gasteiger partial charge in [0.1, 0.15) is 0 Å². The highest BCUT2D eigenvalue weighted by atomic mass is 79.9. The van der Waals surface area contributed by atoms with Crippen LogP contribution in [0.3, 0.4) is 0 Å². The van der Waals surface area contributed by atoms with Gasteiger partial charge in [0.05, 0.1) is 21.9 Å². The van der Waals surface area contributed by atoms with Crippen LogP contribution in [-0.4, -0.2) is 47.6 Å². The maximum atomic E-state index is 13.1. The summed E-state index contributed by atoms with van der Waals surface area (Å²) in [5, 5.41) is 0.633. The van der Waals surface area contributed by atoms with E-state index in [4.69, 9.17) is 9.47 Å². The first-order chi connectivity index (χ1) is 17.6. The van der Waals surface area contributed by atoms with E-state index in [1.807, 2.05) is 18.2 Å². The summed E-state index contributed by atoms with van der Waals surface area (Å²) in [7, 11) is 3.46. The number of benzene rings is 2. The molecule has 1 aliphatic carbocycles. The maximum absolute atomic E-state index is 13.1. The first-order valence-electron chi connectivity index (χ1n) is 13.1. The number of nitrogens with zero attached hydrogens (tertiary/aromatic N) is 4. The number of hydrogen-bond acceptors (Lipinski definition) is 5. The molecule has 190 valence electrons. The Hall–Kier alpha value is -2.42. The summed E-state index contributed by atoms with van der Waals surface area (Å²) in [5.74, 6) is 1.15. The van der Waals surface area contributed by atoms with E-state index >= 15 is 0 Å². The second-order valence-electron chi connectivity index (χ2n) is 10.2. The molecule has 0 bridgehead atoms. The Balaban J connectivity index is 1.50. The minimum atomic E-state index is -0.177. The van der Waals surface area contributed by atoms with Crippen LogP contribution in [0.4, 0.5) is 5.69 Å². The Morgan fingerprint density at radius 2 is 1.75 bits per heavy atom. The van der Waals surface area contributed by atoms with Crippen LogP contribution in [0.5, 0.6) is 0 Å². The number of methoxy groups -OCH3 is 2. The van der Waals surface area contributed by atoms with Crippen molar-refractivity contribution in [2.24, 2.45) is 5.92 Å². The van der Waals surface area contributed by atoms with E-state index in [2.05, 4.69) is 53.0 Å². The van der Waals surface area contributed by atoms with Crippen LogP contribution in [0.1, 0.15) is 51.0 Å². The zero-order chi connectivity index (χ0) is 24.8. The van der Waals surface area contributed by atoms with Crippen LogP contribution in [0, 0.1) is 5.92 Å². The Labute approximate surface area is 219 Å². The molecule has 8 heteroatoms. The van der Waals surface area contributed by atoms with E-state index < -0.39 is 0 Å². The molecule has 1 saturated carbocycles. The average Bonchev–Trinajstić information content (AvgIpc) is 3.44. The molecule has 6 rings (SSSR count). The SMILES string of the molecule is COC(OC)C1CCCN(c2ccc3c(c2)n(C2CCCC2)c2nc(=O)c4c(Br)cccc4n32)CC1. The van der Waals surface area contributed by atoms with Crippen molar-refractivity contribution in [2.45, 2.75) is 57.3 Å². The van der Waals surface area contributed by atoms with Gasteiger partial charge in [0.15, 0.2) is 6.29 Å². The van der Waals surface area contributed by atoms with Crippen LogP contribution >= 0.6 is 15.9 Å². The zero-order valence-electron chi connectivity index (χ0n) is 21.0. The van der Waals surface area contributed by atoms with Gasteiger partial charge in [-0.2, -0.15) is 4.98 Å². The lowest BCUT2D eigenvalue weighted by Crippen LogP contribution is -2.27. The van der Waals surface area contributed by atoms with Crippen LogP contribution in [0.2, 0.25) is 0 Å². The molecule has 0 N–H and O–H groups in total. The first kappa shape index (κ1) is 23.9. The van der Waals surface area contributed by atoms with E-state index in [1.165, 1.54) is 18.5 Å². The lowest BCUT2D eigenvalue weighted by molar-refractivity contribution is -0.139. The van der Waals surface area contributed by atoms with Gasteiger partial charge in [-0.05, 0) is 78.4 Å². The second-order valence-corrected chi connectivity index (χ2v) is 11.0. The third-order valence-electron chi connectivity index (χ3n) is 8.20. The summed E-state index contributed by atoms with van der Waals surface area (Å²) in [4.78, 5) is 20.3. The molecule has 7 nitrogen and oxygen atoms in total. The highest BCUT2D eigenvalue weighted by Crippen LogP contribution is 2.37. The van der Waals surface area contributed by atoms with Gasteiger partial charge < -0.3 is 18.9 Å². The number of imidazole rings is 1. The summed E-state index contributed by atoms with van der Waals surface area (Å²) in [5.41, 5.74) is 4.21. The summed E-state index contributed by atoms with van der Waals surface area (Å²) < 4.78 is 16.5. The molecule has 1 aliphatic heterocycles. The van der Waals surface area contributed by atoms with Gasteiger partial charge in [0, 0.05) is 49.4 Å². The lowest BCUT2D eigenvalue weighted by Gasteiger charge is -2.25. The lowest BCUT2D eigenvalue weighted by atomic mass is 10.0. The molecule has 4 aromatic rings. The van der Waals surface area contributed by atoms with E-state index in [-0.39, 0.29) is 11.8 Å². The number of halogens is 1. The molecule has 0 radical (unpaired) electrons. The van der Waals surface area contributed by atoms with Gasteiger partial charge in [-0.3, -0.25) is 9.20 Å². The molecule has 1 atom stereocenters. The first-order valence-corrected chi connectivity index (χ1v) is 13.9. The zero-order valence-corrected chi connectivity index (χ0v) is 22.5. The standard InChI is InChI=1S/C28H33BrN4O3/c1-35-27(36-2)18-7-6-15-31(16-14-18)20-12-13-22-24(17-20)32(19-8-3-4-9-19)28-30-26(34)25-21(29)10-5-11-23(25)33(22)28/h5,10-13,17-19,27H,3-4,6-9,14-16H2,1-2H3. The van der Waals surface area contributed by atoms with E-state index in [0.29, 0.717) is 17.3 Å². The molecule has 1 unspecified atom stereocenters. The second kappa shape index (κ2) is 9.80. The van der Waals surface area contributed by atoms with Gasteiger partial charge >= 0.3 is 0 Å². The number of rotatable bonds is 5. The Kier molecular flexibility index (Phi) is 6.52. The smallest absolute Gasteiger partial charge is 0.283 e. The third-order valence-corrected chi connectivity index (χ3v) is 8.86. The van der Waals surface area contributed by atoms with Crippen LogP contribution in [-0.2, 0) is 9.47 Å². The van der Waals surface area contributed by atoms with Gasteiger partial charge in [-0.25, -0.2) is 0 Å². The van der Waals surface area contributed by atoms with Crippen molar-refractivity contribution in [2.75, 3.05) is 32.2 Å². The summed E-state index contributed by atoms with van der Waals surface area (Å²) in [6, 6.07) is 13.1. The molecular formula is C28H33BrN4O3. The number of ether oxygens (including phenoxy) is 2. The van der Waals surface area contributed by atoms with Crippen molar-refractivity contribution in [3.05, 3.63) is 51.2 Å². The molecular weight excluding hydrogens is 520 g/mol. The van der Waals surface area contributed by atoms with Crippen LogP contribution in [0.25, 0.3) is 27.7 Å². The fourth-order valence-corrected chi connectivity index (χ4v) is 6.99. The molecule has 3 heterocycles. The summed E-state index contributed by atoms with van der Waals surface area (Å²) in [6.07, 6.45) is 7.76. The minimum absolute atomic E-state index is 0.145. The molecule has 2 aromatic carbocycles. The van der Waals surface area contributed by atoms with Gasteiger partial charge in [-0.15, -0.1) is 0 Å². The highest BCUT2D eigenvalue weighted by Gasteiger charge is 2.27. The molecule has 1 saturated heterocycles. The monoisotopic (exact) mass is 552 g/mol. The van der Waals surface area contributed by atoms with E-state index in [0.717, 1.165) is 72.0 Å². The van der Waals surface area contributed by atoms with Crippen molar-refractivity contribution < 1.29 is 9.47 Å². The molecule has 2 fully saturated rings. The van der Waals surface area contributed by atoms with Gasteiger partial charge in [0.25, 0.3) is 5.56 Å².